The predicted molar refractivity (Wildman–Crippen MR) is 199 cm³/mol. The van der Waals surface area contributed by atoms with E-state index in [0.717, 1.165) is 18.4 Å². The molecule has 0 fully saturated rings. The van der Waals surface area contributed by atoms with Gasteiger partial charge >= 0.3 is 6.09 Å². The summed E-state index contributed by atoms with van der Waals surface area (Å²) in [6, 6.07) is 8.23. The quantitative estimate of drug-likeness (QED) is 0.177. The Kier molecular flexibility index (Phi) is 19.6. The van der Waals surface area contributed by atoms with Crippen LogP contribution >= 0.6 is 0 Å². The zero-order valence-corrected chi connectivity index (χ0v) is 31.3. The summed E-state index contributed by atoms with van der Waals surface area (Å²) in [4.78, 5) is 49.1. The van der Waals surface area contributed by atoms with E-state index >= 15 is 0 Å². The van der Waals surface area contributed by atoms with Crippen LogP contribution in [0, 0.1) is 11.8 Å². The highest BCUT2D eigenvalue weighted by Gasteiger charge is 2.33. The van der Waals surface area contributed by atoms with Gasteiger partial charge in [0.05, 0.1) is 23.6 Å². The number of allylic oxidation sites excluding steroid dienone is 4. The Hall–Kier alpha value is -4.28. The Labute approximate surface area is 298 Å². The molecule has 10 nitrogen and oxygen atoms in total. The van der Waals surface area contributed by atoms with Gasteiger partial charge in [-0.1, -0.05) is 95.7 Å². The summed E-state index contributed by atoms with van der Waals surface area (Å²) in [5, 5.41) is 24.2. The maximum atomic E-state index is 13.8. The standard InChI is InChI=1S/C35H44N2O5.2C2H6.CH3NO2/c1-21-13-14-31(38)24(4)15-22(2)16-28(42-5)12-8-9-23(3)35(41)37-30-20-32(39)33(29(17-21)34(30)40)36-27-18-25-10-6-7-11-26(25)19-27;2*1-2;2-1(3)4/h6-12,15,20-21,24,27-28,31,36,38H,13-14,16-19H2,1-5H3,(H,37,41);2*1-2H3;2H2,(H,3,4)/b12-8-,22-15+,23-9+;;;. The number of hydrogen-bond donors (Lipinski definition) is 5. The number of amides is 2. The number of methoxy groups -OCH3 is 1. The summed E-state index contributed by atoms with van der Waals surface area (Å²) in [5.41, 5.74) is 8.73. The minimum absolute atomic E-state index is 0.00376. The molecule has 0 spiro atoms. The second-order valence-corrected chi connectivity index (χ2v) is 12.5. The van der Waals surface area contributed by atoms with Crippen LogP contribution in [0.4, 0.5) is 4.79 Å². The lowest BCUT2D eigenvalue weighted by atomic mass is 9.86. The Morgan fingerprint density at radius 3 is 2.10 bits per heavy atom. The monoisotopic (exact) mass is 693 g/mol. The van der Waals surface area contributed by atoms with Gasteiger partial charge < -0.3 is 31.3 Å². The fraction of sp³-hybridized carbons (Fsp3) is 0.500. The molecule has 1 aromatic rings. The lowest BCUT2D eigenvalue weighted by molar-refractivity contribution is -0.120. The molecular formula is C40H59N3O7. The molecule has 276 valence electrons. The van der Waals surface area contributed by atoms with E-state index in [1.165, 1.54) is 17.2 Å². The average Bonchev–Trinajstić information content (AvgIpc) is 3.50. The minimum atomic E-state index is -1.33. The smallest absolute Gasteiger partial charge is 0.402 e. The van der Waals surface area contributed by atoms with Crippen molar-refractivity contribution >= 4 is 23.6 Å². The second kappa shape index (κ2) is 22.4. The van der Waals surface area contributed by atoms with Gasteiger partial charge in [-0.3, -0.25) is 14.4 Å². The summed E-state index contributed by atoms with van der Waals surface area (Å²) >= 11 is 0. The van der Waals surface area contributed by atoms with Crippen LogP contribution < -0.4 is 16.4 Å². The zero-order chi connectivity index (χ0) is 38.0. The van der Waals surface area contributed by atoms with Crippen molar-refractivity contribution in [3.63, 3.8) is 0 Å². The summed E-state index contributed by atoms with van der Waals surface area (Å²) in [6.07, 6.45) is 10.4. The molecule has 1 aromatic carbocycles. The van der Waals surface area contributed by atoms with Crippen molar-refractivity contribution in [2.75, 3.05) is 7.11 Å². The molecule has 10 heteroatoms. The number of primary amides is 1. The van der Waals surface area contributed by atoms with Crippen molar-refractivity contribution in [1.82, 2.24) is 10.6 Å². The Bertz CT molecular complexity index is 1440. The molecule has 2 bridgehead atoms. The van der Waals surface area contributed by atoms with Gasteiger partial charge in [-0.2, -0.15) is 0 Å². The highest BCUT2D eigenvalue weighted by Crippen LogP contribution is 2.29. The summed E-state index contributed by atoms with van der Waals surface area (Å²) < 4.78 is 5.59. The lowest BCUT2D eigenvalue weighted by Crippen LogP contribution is -2.39. The highest BCUT2D eigenvalue weighted by atomic mass is 16.5. The summed E-state index contributed by atoms with van der Waals surface area (Å²) in [6.45, 7) is 15.7. The van der Waals surface area contributed by atoms with Crippen LogP contribution in [0.2, 0.25) is 0 Å². The molecule has 1 heterocycles. The molecule has 4 unspecified atom stereocenters. The number of nitrogens with one attached hydrogen (secondary N) is 2. The van der Waals surface area contributed by atoms with Gasteiger partial charge in [-0.15, -0.1) is 0 Å². The number of aliphatic hydroxyl groups is 1. The van der Waals surface area contributed by atoms with Crippen molar-refractivity contribution in [2.24, 2.45) is 17.6 Å². The first kappa shape index (κ1) is 43.7. The number of carbonyl (C=O) groups is 4. The van der Waals surface area contributed by atoms with Crippen LogP contribution in [0.15, 0.2) is 82.8 Å². The molecule has 4 atom stereocenters. The predicted octanol–water partition coefficient (Wildman–Crippen LogP) is 6.50. The van der Waals surface area contributed by atoms with Crippen molar-refractivity contribution in [3.8, 4) is 0 Å². The van der Waals surface area contributed by atoms with E-state index in [9.17, 15) is 19.5 Å². The molecule has 2 amide bonds. The van der Waals surface area contributed by atoms with Crippen molar-refractivity contribution in [3.05, 3.63) is 93.9 Å². The maximum absolute atomic E-state index is 13.8. The molecule has 1 aliphatic heterocycles. The third kappa shape index (κ3) is 13.9. The van der Waals surface area contributed by atoms with Gasteiger partial charge in [0.15, 0.2) is 0 Å². The van der Waals surface area contributed by atoms with Gasteiger partial charge in [0.2, 0.25) is 11.6 Å². The van der Waals surface area contributed by atoms with Crippen molar-refractivity contribution in [2.45, 2.75) is 112 Å². The fourth-order valence-electron chi connectivity index (χ4n) is 5.97. The van der Waals surface area contributed by atoms with E-state index in [2.05, 4.69) is 34.6 Å². The van der Waals surface area contributed by atoms with Gasteiger partial charge in [0, 0.05) is 36.3 Å². The van der Waals surface area contributed by atoms with Crippen molar-refractivity contribution in [1.29, 1.82) is 0 Å². The molecule has 0 aromatic heterocycles. The van der Waals surface area contributed by atoms with E-state index in [1.54, 1.807) is 26.2 Å². The van der Waals surface area contributed by atoms with E-state index in [-0.39, 0.29) is 41.2 Å². The first-order valence-corrected chi connectivity index (χ1v) is 17.7. The van der Waals surface area contributed by atoms with Gasteiger partial charge in [0.1, 0.15) is 0 Å². The number of carboxylic acid groups (broad SMARTS) is 1. The van der Waals surface area contributed by atoms with Crippen molar-refractivity contribution < 1.29 is 34.1 Å². The first-order valence-electron chi connectivity index (χ1n) is 17.7. The number of aliphatic hydroxyl groups excluding tert-OH is 1. The number of benzene rings is 1. The number of Topliss-reactive ketones (excluding diaryl/α,β-unsaturated/α-hetero) is 1. The van der Waals surface area contributed by atoms with Gasteiger partial charge in [0.25, 0.3) is 5.91 Å². The molecule has 0 saturated carbocycles. The molecule has 6 N–H and O–H groups in total. The molecule has 0 saturated heterocycles. The average molecular weight is 694 g/mol. The van der Waals surface area contributed by atoms with Crippen LogP contribution in [0.1, 0.15) is 92.2 Å². The fourth-order valence-corrected chi connectivity index (χ4v) is 5.97. The minimum Gasteiger partial charge on any atom is -0.465 e. The topological polar surface area (TPSA) is 168 Å². The lowest BCUT2D eigenvalue weighted by Gasteiger charge is -2.25. The number of hydrogen-bond acceptors (Lipinski definition) is 7. The number of ether oxygens (including phenoxy) is 1. The van der Waals surface area contributed by atoms with E-state index in [4.69, 9.17) is 14.6 Å². The third-order valence-corrected chi connectivity index (χ3v) is 8.51. The Morgan fingerprint density at radius 1 is 0.960 bits per heavy atom. The normalized spacial score (nSPS) is 26.0. The number of carbonyl (C=O) groups excluding carboxylic acids is 3. The molecule has 2 aliphatic carbocycles. The number of ketones is 2. The summed E-state index contributed by atoms with van der Waals surface area (Å²) in [7, 11) is 1.64. The van der Waals surface area contributed by atoms with Gasteiger partial charge in [-0.25, -0.2) is 4.79 Å². The second-order valence-electron chi connectivity index (χ2n) is 12.5. The SMILES string of the molecule is CC.CC.COC1/C=C\C=C(/C)C(=O)NC2=CC(=O)C(NC3Cc4ccccc4C3)=C(CC(C)CCC(O)C(C)/C=C(\C)C1)C2=O.NC(=O)O. The number of nitrogens with two attached hydrogens (primary N) is 1. The Balaban J connectivity index is 0.00000143. The van der Waals surface area contributed by atoms with Crippen LogP contribution in [-0.4, -0.2) is 59.1 Å². The Morgan fingerprint density at radius 2 is 1.54 bits per heavy atom. The maximum Gasteiger partial charge on any atom is 0.402 e. The molecule has 50 heavy (non-hydrogen) atoms. The molecule has 3 aliphatic rings. The van der Waals surface area contributed by atoms with Crippen LogP contribution in [-0.2, 0) is 32.0 Å². The van der Waals surface area contributed by atoms with E-state index in [0.29, 0.717) is 42.5 Å². The number of rotatable bonds is 3. The van der Waals surface area contributed by atoms with Crippen LogP contribution in [0.5, 0.6) is 0 Å². The molecule has 0 radical (unpaired) electrons. The number of fused-ring (bicyclic) bond motifs is 3. The highest BCUT2D eigenvalue weighted by molar-refractivity contribution is 6.23. The molecular weight excluding hydrogens is 634 g/mol. The zero-order valence-electron chi connectivity index (χ0n) is 31.3. The first-order chi connectivity index (χ1) is 23.8. The van der Waals surface area contributed by atoms with Crippen LogP contribution in [0.25, 0.3) is 0 Å². The largest absolute Gasteiger partial charge is 0.465 e. The van der Waals surface area contributed by atoms with Crippen LogP contribution in [0.3, 0.4) is 0 Å². The van der Waals surface area contributed by atoms with E-state index < -0.39 is 18.1 Å². The van der Waals surface area contributed by atoms with E-state index in [1.807, 2.05) is 66.7 Å². The summed E-state index contributed by atoms with van der Waals surface area (Å²) in [5.74, 6) is -1.12. The third-order valence-electron chi connectivity index (χ3n) is 8.51. The van der Waals surface area contributed by atoms with Gasteiger partial charge in [-0.05, 0) is 69.4 Å². The molecule has 4 rings (SSSR count).